The molecule has 0 nitrogen and oxygen atoms in total. The molecular weight excluding hydrogens is 174 g/mol. The maximum Gasteiger partial charge on any atom is 0.343 e. The summed E-state index contributed by atoms with van der Waals surface area (Å²) < 4.78 is 71.2. The van der Waals surface area contributed by atoms with Crippen LogP contribution in [-0.2, 0) is 0 Å². The summed E-state index contributed by atoms with van der Waals surface area (Å²) in [6.45, 7) is -2.26. The Morgan fingerprint density at radius 2 is 1.45 bits per heavy atom. The van der Waals surface area contributed by atoms with Crippen LogP contribution in [0.5, 0.6) is 0 Å². The molecule has 1 rings (SSSR count). The van der Waals surface area contributed by atoms with Crippen LogP contribution in [0, 0.1) is 0 Å². The van der Waals surface area contributed by atoms with Crippen molar-refractivity contribution in [1.82, 2.24) is 0 Å². The van der Waals surface area contributed by atoms with Crippen LogP contribution < -0.4 is 0 Å². The molecule has 1 aliphatic rings. The van der Waals surface area contributed by atoms with Gasteiger partial charge in [-0.1, -0.05) is 0 Å². The van der Waals surface area contributed by atoms with Gasteiger partial charge in [-0.25, -0.2) is 17.6 Å². The molecule has 0 heterocycles. The van der Waals surface area contributed by atoms with E-state index in [4.69, 9.17) is 0 Å². The molecule has 11 heavy (non-hydrogen) atoms. The van der Waals surface area contributed by atoms with E-state index in [-0.39, 0.29) is 0 Å². The van der Waals surface area contributed by atoms with Crippen molar-refractivity contribution < 1.29 is 26.3 Å². The molecule has 0 N–H and O–H groups in total. The van der Waals surface area contributed by atoms with Gasteiger partial charge in [-0.2, -0.15) is 8.78 Å². The van der Waals surface area contributed by atoms with Crippen LogP contribution in [0.15, 0.2) is 11.7 Å². The van der Waals surface area contributed by atoms with Gasteiger partial charge in [0.05, 0.1) is 0 Å². The number of allylic oxidation sites excluding steroid dienone is 2. The summed E-state index contributed by atoms with van der Waals surface area (Å²) in [6, 6.07) is 0. The lowest BCUT2D eigenvalue weighted by Crippen LogP contribution is -2.56. The Hall–Kier alpha value is -0.680. The molecule has 0 fully saturated rings. The Labute approximate surface area is 57.5 Å². The van der Waals surface area contributed by atoms with E-state index in [9.17, 15) is 26.3 Å². The van der Waals surface area contributed by atoms with E-state index in [0.29, 0.717) is 0 Å². The minimum Gasteiger partial charge on any atom is -0.247 e. The molecule has 0 aromatic heterocycles. The van der Waals surface area contributed by atoms with Crippen LogP contribution in [-0.4, -0.2) is 18.3 Å². The fourth-order valence-corrected chi connectivity index (χ4v) is 0.704. The van der Waals surface area contributed by atoms with Crippen molar-refractivity contribution in [3.63, 3.8) is 0 Å². The maximum absolute atomic E-state index is 12.3. The zero-order chi connectivity index (χ0) is 8.86. The van der Waals surface area contributed by atoms with Gasteiger partial charge in [0.15, 0.2) is 5.83 Å². The number of hydrogen-bond donors (Lipinski definition) is 0. The molecule has 0 radical (unpaired) electrons. The third kappa shape index (κ3) is 0.669. The third-order valence-corrected chi connectivity index (χ3v) is 1.50. The quantitative estimate of drug-likeness (QED) is 0.538. The highest BCUT2D eigenvalue weighted by Gasteiger charge is 2.72. The third-order valence-electron chi connectivity index (χ3n) is 1.50. The van der Waals surface area contributed by atoms with E-state index >= 15 is 0 Å². The Balaban J connectivity index is 3.08. The molecule has 0 amide bonds. The molecule has 0 spiro atoms. The van der Waals surface area contributed by atoms with Gasteiger partial charge in [0.25, 0.3) is 5.67 Å². The van der Waals surface area contributed by atoms with Gasteiger partial charge in [0.1, 0.15) is 6.67 Å². The molecule has 0 aliphatic heterocycles. The van der Waals surface area contributed by atoms with E-state index < -0.39 is 29.9 Å². The van der Waals surface area contributed by atoms with Crippen molar-refractivity contribution in [2.45, 2.75) is 11.6 Å². The van der Waals surface area contributed by atoms with Crippen LogP contribution >= 0.6 is 0 Å². The summed E-state index contributed by atoms with van der Waals surface area (Å²) in [7, 11) is 0. The Morgan fingerprint density at radius 1 is 1.00 bits per heavy atom. The number of rotatable bonds is 1. The largest absolute Gasteiger partial charge is 0.343 e. The van der Waals surface area contributed by atoms with Gasteiger partial charge in [-0.15, -0.1) is 0 Å². The summed E-state index contributed by atoms with van der Waals surface area (Å²) in [4.78, 5) is 0. The lowest BCUT2D eigenvalue weighted by molar-refractivity contribution is -0.158. The summed E-state index contributed by atoms with van der Waals surface area (Å²) >= 11 is 0. The highest BCUT2D eigenvalue weighted by atomic mass is 19.3. The lowest BCUT2D eigenvalue weighted by Gasteiger charge is -2.36. The molecule has 1 unspecified atom stereocenters. The highest BCUT2D eigenvalue weighted by Crippen LogP contribution is 2.55. The normalized spacial score (nSPS) is 35.5. The van der Waals surface area contributed by atoms with E-state index in [1.807, 2.05) is 0 Å². The van der Waals surface area contributed by atoms with Crippen LogP contribution in [0.1, 0.15) is 0 Å². The van der Waals surface area contributed by atoms with Gasteiger partial charge in [-0.3, -0.25) is 0 Å². The van der Waals surface area contributed by atoms with Crippen molar-refractivity contribution in [2.75, 3.05) is 6.67 Å². The van der Waals surface area contributed by atoms with Crippen LogP contribution in [0.4, 0.5) is 26.3 Å². The van der Waals surface area contributed by atoms with Crippen molar-refractivity contribution >= 4 is 0 Å². The maximum atomic E-state index is 12.3. The van der Waals surface area contributed by atoms with Gasteiger partial charge in [-0.05, 0) is 0 Å². The Bertz CT molecular complexity index is 219. The molecule has 0 saturated carbocycles. The summed E-state index contributed by atoms with van der Waals surface area (Å²) in [5.74, 6) is -9.51. The zero-order valence-electron chi connectivity index (χ0n) is 4.97. The first-order chi connectivity index (χ1) is 4.88. The number of halogens is 6. The SMILES string of the molecule is FCC1(F)C(F)=C(F)C1(F)F. The van der Waals surface area contributed by atoms with Crippen molar-refractivity contribution in [1.29, 1.82) is 0 Å². The first-order valence-electron chi connectivity index (χ1n) is 2.57. The second-order valence-corrected chi connectivity index (χ2v) is 2.14. The molecule has 0 bridgehead atoms. The molecule has 1 atom stereocenters. The Morgan fingerprint density at radius 3 is 1.64 bits per heavy atom. The zero-order valence-corrected chi connectivity index (χ0v) is 4.97. The fourth-order valence-electron chi connectivity index (χ4n) is 0.704. The van der Waals surface area contributed by atoms with E-state index in [1.165, 1.54) is 0 Å². The average Bonchev–Trinajstić information content (AvgIpc) is 2.00. The molecule has 0 aromatic rings. The second-order valence-electron chi connectivity index (χ2n) is 2.14. The average molecular weight is 176 g/mol. The molecule has 0 saturated heterocycles. The minimum atomic E-state index is -4.65. The molecule has 6 heteroatoms. The minimum absolute atomic E-state index is 2.26. The van der Waals surface area contributed by atoms with Crippen molar-refractivity contribution in [3.8, 4) is 0 Å². The molecule has 64 valence electrons. The summed E-state index contributed by atoms with van der Waals surface area (Å²) in [5, 5.41) is 0. The fraction of sp³-hybridized carbons (Fsp3) is 0.600. The number of alkyl halides is 4. The topological polar surface area (TPSA) is 0 Å². The van der Waals surface area contributed by atoms with Gasteiger partial charge in [0.2, 0.25) is 5.83 Å². The van der Waals surface area contributed by atoms with Crippen LogP contribution in [0.3, 0.4) is 0 Å². The lowest BCUT2D eigenvalue weighted by atomic mass is 9.85. The monoisotopic (exact) mass is 176 g/mol. The Kier molecular flexibility index (Phi) is 1.47. The molecule has 0 aromatic carbocycles. The first-order valence-corrected chi connectivity index (χ1v) is 2.57. The second kappa shape index (κ2) is 1.92. The highest BCUT2D eigenvalue weighted by molar-refractivity contribution is 5.38. The van der Waals surface area contributed by atoms with Crippen LogP contribution in [0.25, 0.3) is 0 Å². The van der Waals surface area contributed by atoms with E-state index in [1.54, 1.807) is 0 Å². The van der Waals surface area contributed by atoms with Gasteiger partial charge in [0, 0.05) is 0 Å². The summed E-state index contributed by atoms with van der Waals surface area (Å²) in [5.41, 5.74) is -4.07. The van der Waals surface area contributed by atoms with Gasteiger partial charge < -0.3 is 0 Å². The van der Waals surface area contributed by atoms with E-state index in [2.05, 4.69) is 0 Å². The van der Waals surface area contributed by atoms with Crippen molar-refractivity contribution in [3.05, 3.63) is 11.7 Å². The predicted octanol–water partition coefficient (Wildman–Crippen LogP) is 2.46. The predicted molar refractivity (Wildman–Crippen MR) is 24.0 cm³/mol. The van der Waals surface area contributed by atoms with Gasteiger partial charge >= 0.3 is 5.92 Å². The molecular formula is C5H2F6. The molecule has 1 aliphatic carbocycles. The summed E-state index contributed by atoms with van der Waals surface area (Å²) in [6.07, 6.45) is 0. The van der Waals surface area contributed by atoms with Crippen molar-refractivity contribution in [2.24, 2.45) is 0 Å². The number of hydrogen-bond acceptors (Lipinski definition) is 0. The van der Waals surface area contributed by atoms with Crippen LogP contribution in [0.2, 0.25) is 0 Å². The van der Waals surface area contributed by atoms with E-state index in [0.717, 1.165) is 0 Å². The standard InChI is InChI=1S/C5H2F6/c6-1-4(9)2(7)3(8)5(4,10)11/h1H2. The smallest absolute Gasteiger partial charge is 0.247 e. The first kappa shape index (κ1) is 8.42.